The van der Waals surface area contributed by atoms with Gasteiger partial charge in [0, 0.05) is 5.56 Å². The Morgan fingerprint density at radius 1 is 1.11 bits per heavy atom. The monoisotopic (exact) mass is 269 g/mol. The van der Waals surface area contributed by atoms with Crippen LogP contribution in [-0.4, -0.2) is 10.5 Å². The Morgan fingerprint density at radius 2 is 1.79 bits per heavy atom. The number of nitrogens with zero attached hydrogens (tertiary/aromatic N) is 1. The molecule has 2 aromatic carbocycles. The lowest BCUT2D eigenvalue weighted by molar-refractivity contribution is 0.0959. The number of aryl methyl sites for hydroxylation is 1. The molecule has 0 aliphatic carbocycles. The minimum atomic E-state index is -0.171. The van der Waals surface area contributed by atoms with Crippen LogP contribution >= 0.6 is 12.2 Å². The first-order chi connectivity index (χ1) is 9.16. The molecule has 0 aliphatic heterocycles. The Labute approximate surface area is 115 Å². The summed E-state index contributed by atoms with van der Waals surface area (Å²) >= 11 is 5.13. The molecule has 0 spiro atoms. The number of rotatable bonds is 1. The number of oxazole rings is 1. The molecule has 0 saturated heterocycles. The summed E-state index contributed by atoms with van der Waals surface area (Å²) in [6.07, 6.45) is 0. The van der Waals surface area contributed by atoms with Crippen LogP contribution in [0.4, 0.5) is 0 Å². The molecule has 0 N–H and O–H groups in total. The fourth-order valence-corrected chi connectivity index (χ4v) is 2.25. The van der Waals surface area contributed by atoms with Gasteiger partial charge in [-0.1, -0.05) is 29.8 Å². The van der Waals surface area contributed by atoms with Crippen LogP contribution in [0.1, 0.15) is 15.9 Å². The smallest absolute Gasteiger partial charge is 0.276 e. The van der Waals surface area contributed by atoms with E-state index in [1.807, 2.05) is 37.3 Å². The average molecular weight is 269 g/mol. The van der Waals surface area contributed by atoms with Crippen LogP contribution in [0, 0.1) is 11.8 Å². The van der Waals surface area contributed by atoms with Crippen molar-refractivity contribution in [1.82, 2.24) is 4.57 Å². The molecule has 0 saturated carbocycles. The number of carbonyl (C=O) groups is 1. The van der Waals surface area contributed by atoms with Crippen molar-refractivity contribution in [2.75, 3.05) is 0 Å². The van der Waals surface area contributed by atoms with Crippen LogP contribution in [0.25, 0.3) is 11.1 Å². The van der Waals surface area contributed by atoms with E-state index in [0.717, 1.165) is 5.56 Å². The third kappa shape index (κ3) is 2.00. The zero-order valence-corrected chi connectivity index (χ0v) is 11.1. The predicted octanol–water partition coefficient (Wildman–Crippen LogP) is 3.96. The topological polar surface area (TPSA) is 35.1 Å². The van der Waals surface area contributed by atoms with E-state index in [-0.39, 0.29) is 10.7 Å². The largest absolute Gasteiger partial charge is 0.429 e. The summed E-state index contributed by atoms with van der Waals surface area (Å²) in [5, 5.41) is 0. The molecule has 3 aromatic rings. The van der Waals surface area contributed by atoms with Crippen LogP contribution in [0.15, 0.2) is 52.9 Å². The van der Waals surface area contributed by atoms with Crippen LogP contribution in [0.3, 0.4) is 0 Å². The van der Waals surface area contributed by atoms with Gasteiger partial charge in [-0.3, -0.25) is 4.79 Å². The number of fused-ring (bicyclic) bond motifs is 1. The van der Waals surface area contributed by atoms with Crippen LogP contribution in [0.5, 0.6) is 0 Å². The molecule has 3 rings (SSSR count). The molecule has 0 aliphatic rings. The van der Waals surface area contributed by atoms with Crippen molar-refractivity contribution in [2.45, 2.75) is 6.92 Å². The van der Waals surface area contributed by atoms with E-state index in [4.69, 9.17) is 16.6 Å². The molecule has 4 heteroatoms. The van der Waals surface area contributed by atoms with Gasteiger partial charge in [-0.15, -0.1) is 0 Å². The Bertz CT molecular complexity index is 812. The first-order valence-corrected chi connectivity index (χ1v) is 6.29. The van der Waals surface area contributed by atoms with Crippen molar-refractivity contribution in [3.8, 4) is 0 Å². The second-order valence-electron chi connectivity index (χ2n) is 4.34. The number of hydrogen-bond acceptors (Lipinski definition) is 3. The average Bonchev–Trinajstić information content (AvgIpc) is 2.74. The summed E-state index contributed by atoms with van der Waals surface area (Å²) in [6, 6.07) is 14.7. The van der Waals surface area contributed by atoms with Crippen molar-refractivity contribution < 1.29 is 9.21 Å². The zero-order valence-electron chi connectivity index (χ0n) is 10.3. The number of aromatic nitrogens is 1. The molecule has 1 heterocycles. The summed E-state index contributed by atoms with van der Waals surface area (Å²) in [6.45, 7) is 1.98. The Hall–Kier alpha value is -2.20. The zero-order chi connectivity index (χ0) is 13.4. The standard InChI is InChI=1S/C15H11NO2S/c1-10-6-8-11(9-7-10)14(17)16-12-4-2-3-5-13(12)18-15(16)19/h2-9H,1H3. The van der Waals surface area contributed by atoms with Gasteiger partial charge in [0.25, 0.3) is 10.7 Å². The van der Waals surface area contributed by atoms with E-state index in [1.54, 1.807) is 18.2 Å². The van der Waals surface area contributed by atoms with Crippen LogP contribution in [0.2, 0.25) is 0 Å². The Kier molecular flexibility index (Phi) is 2.80. The highest BCUT2D eigenvalue weighted by Gasteiger charge is 2.14. The highest BCUT2D eigenvalue weighted by atomic mass is 32.1. The van der Waals surface area contributed by atoms with Crippen molar-refractivity contribution in [3.05, 3.63) is 64.5 Å². The molecule has 0 bridgehead atoms. The van der Waals surface area contributed by atoms with Gasteiger partial charge in [0.15, 0.2) is 5.58 Å². The van der Waals surface area contributed by atoms with Crippen molar-refractivity contribution >= 4 is 29.2 Å². The van der Waals surface area contributed by atoms with Crippen LogP contribution < -0.4 is 0 Å². The minimum absolute atomic E-state index is 0.171. The van der Waals surface area contributed by atoms with Gasteiger partial charge in [-0.25, -0.2) is 4.57 Å². The first kappa shape index (κ1) is 11.9. The molecular weight excluding hydrogens is 258 g/mol. The van der Waals surface area contributed by atoms with Gasteiger partial charge < -0.3 is 4.42 Å². The Morgan fingerprint density at radius 3 is 2.53 bits per heavy atom. The van der Waals surface area contributed by atoms with E-state index in [2.05, 4.69) is 0 Å². The molecule has 94 valence electrons. The Balaban J connectivity index is 2.19. The van der Waals surface area contributed by atoms with E-state index in [1.165, 1.54) is 4.57 Å². The molecule has 0 radical (unpaired) electrons. The molecule has 0 fully saturated rings. The minimum Gasteiger partial charge on any atom is -0.429 e. The third-order valence-electron chi connectivity index (χ3n) is 2.99. The molecular formula is C15H11NO2S. The van der Waals surface area contributed by atoms with Gasteiger partial charge in [0.05, 0.1) is 5.52 Å². The molecule has 19 heavy (non-hydrogen) atoms. The SMILES string of the molecule is Cc1ccc(C(=O)n2c(=S)oc3ccccc32)cc1. The van der Waals surface area contributed by atoms with Gasteiger partial charge >= 0.3 is 0 Å². The van der Waals surface area contributed by atoms with Crippen molar-refractivity contribution in [3.63, 3.8) is 0 Å². The fraction of sp³-hybridized carbons (Fsp3) is 0.0667. The van der Waals surface area contributed by atoms with Gasteiger partial charge in [0.2, 0.25) is 0 Å². The quantitative estimate of drug-likeness (QED) is 0.627. The molecule has 0 amide bonds. The molecule has 3 nitrogen and oxygen atoms in total. The van der Waals surface area contributed by atoms with E-state index >= 15 is 0 Å². The second kappa shape index (κ2) is 4.48. The van der Waals surface area contributed by atoms with Gasteiger partial charge in [-0.2, -0.15) is 0 Å². The lowest BCUT2D eigenvalue weighted by atomic mass is 10.1. The highest BCUT2D eigenvalue weighted by molar-refractivity contribution is 7.71. The molecule has 1 aromatic heterocycles. The summed E-state index contributed by atoms with van der Waals surface area (Å²) in [5.41, 5.74) is 3.01. The summed E-state index contributed by atoms with van der Waals surface area (Å²) in [5.74, 6) is -0.171. The maximum absolute atomic E-state index is 12.5. The third-order valence-corrected chi connectivity index (χ3v) is 3.25. The number of hydrogen-bond donors (Lipinski definition) is 0. The summed E-state index contributed by atoms with van der Waals surface area (Å²) in [4.78, 5) is 12.7. The second-order valence-corrected chi connectivity index (χ2v) is 4.69. The number of para-hydroxylation sites is 2. The number of benzene rings is 2. The molecule has 0 unspecified atom stereocenters. The lowest BCUT2D eigenvalue weighted by Gasteiger charge is -2.02. The lowest BCUT2D eigenvalue weighted by Crippen LogP contribution is -2.11. The van der Waals surface area contributed by atoms with Gasteiger partial charge in [-0.05, 0) is 43.4 Å². The normalized spacial score (nSPS) is 10.8. The van der Waals surface area contributed by atoms with Crippen LogP contribution in [-0.2, 0) is 0 Å². The van der Waals surface area contributed by atoms with Crippen molar-refractivity contribution in [1.29, 1.82) is 0 Å². The first-order valence-electron chi connectivity index (χ1n) is 5.89. The fourth-order valence-electron chi connectivity index (χ4n) is 1.98. The maximum atomic E-state index is 12.5. The van der Waals surface area contributed by atoms with E-state index < -0.39 is 0 Å². The summed E-state index contributed by atoms with van der Waals surface area (Å²) < 4.78 is 6.85. The van der Waals surface area contributed by atoms with E-state index in [0.29, 0.717) is 16.7 Å². The maximum Gasteiger partial charge on any atom is 0.276 e. The van der Waals surface area contributed by atoms with E-state index in [9.17, 15) is 4.79 Å². The summed E-state index contributed by atoms with van der Waals surface area (Å²) in [7, 11) is 0. The highest BCUT2D eigenvalue weighted by Crippen LogP contribution is 2.18. The van der Waals surface area contributed by atoms with Crippen molar-refractivity contribution in [2.24, 2.45) is 0 Å². The van der Waals surface area contributed by atoms with Gasteiger partial charge in [0.1, 0.15) is 0 Å². The predicted molar refractivity (Wildman–Crippen MR) is 75.9 cm³/mol. The molecule has 0 atom stereocenters. The number of carbonyl (C=O) groups excluding carboxylic acids is 1.